The van der Waals surface area contributed by atoms with Gasteiger partial charge in [0.1, 0.15) is 0 Å². The van der Waals surface area contributed by atoms with E-state index in [1.54, 1.807) is 0 Å². The molecule has 0 saturated carbocycles. The van der Waals surface area contributed by atoms with E-state index in [4.69, 9.17) is 11.6 Å². The number of halogens is 1. The number of alkyl halides is 1. The SMILES string of the molecule is CCCC.CCCCCCCCCCCCCCCCCCCl.CN. The van der Waals surface area contributed by atoms with Crippen molar-refractivity contribution in [3.8, 4) is 0 Å². The van der Waals surface area contributed by atoms with Crippen LogP contribution in [0.25, 0.3) is 0 Å². The second-order valence-corrected chi connectivity index (χ2v) is 7.37. The fourth-order valence-corrected chi connectivity index (χ4v) is 2.83. The summed E-state index contributed by atoms with van der Waals surface area (Å²) in [5.41, 5.74) is 4.50. The average Bonchev–Trinajstić information content (AvgIpc) is 2.66. The summed E-state index contributed by atoms with van der Waals surface area (Å²) in [4.78, 5) is 0. The van der Waals surface area contributed by atoms with Crippen LogP contribution in [0.4, 0.5) is 0 Å². The summed E-state index contributed by atoms with van der Waals surface area (Å²) < 4.78 is 0. The number of hydrogen-bond donors (Lipinski definition) is 1. The molecule has 2 heteroatoms. The Morgan fingerprint density at radius 1 is 0.400 bits per heavy atom. The molecule has 0 rings (SSSR count). The Hall–Kier alpha value is 0.250. The summed E-state index contributed by atoms with van der Waals surface area (Å²) in [6.07, 6.45) is 25.5. The first-order chi connectivity index (χ1) is 12.3. The first-order valence-electron chi connectivity index (χ1n) is 11.5. The van der Waals surface area contributed by atoms with E-state index in [0.717, 1.165) is 5.88 Å². The highest BCUT2D eigenvalue weighted by atomic mass is 35.5. The van der Waals surface area contributed by atoms with Crippen LogP contribution in [-0.2, 0) is 0 Å². The van der Waals surface area contributed by atoms with Crippen LogP contribution in [0.1, 0.15) is 136 Å². The summed E-state index contributed by atoms with van der Waals surface area (Å²) in [5, 5.41) is 0. The molecule has 2 N–H and O–H groups in total. The fourth-order valence-electron chi connectivity index (χ4n) is 2.64. The summed E-state index contributed by atoms with van der Waals surface area (Å²) in [6, 6.07) is 0. The lowest BCUT2D eigenvalue weighted by atomic mass is 10.0. The summed E-state index contributed by atoms with van der Waals surface area (Å²) in [6.45, 7) is 6.65. The Bertz CT molecular complexity index is 155. The molecule has 156 valence electrons. The quantitative estimate of drug-likeness (QED) is 0.199. The van der Waals surface area contributed by atoms with Crippen LogP contribution >= 0.6 is 11.6 Å². The van der Waals surface area contributed by atoms with Crippen LogP contribution in [0, 0.1) is 0 Å². The molecule has 0 radical (unpaired) electrons. The van der Waals surface area contributed by atoms with E-state index in [9.17, 15) is 0 Å². The van der Waals surface area contributed by atoms with Gasteiger partial charge >= 0.3 is 0 Å². The van der Waals surface area contributed by atoms with E-state index in [2.05, 4.69) is 26.5 Å². The third kappa shape index (κ3) is 40.3. The fraction of sp³-hybridized carbons (Fsp3) is 1.00. The highest BCUT2D eigenvalue weighted by Crippen LogP contribution is 2.13. The van der Waals surface area contributed by atoms with E-state index in [0.29, 0.717) is 0 Å². The highest BCUT2D eigenvalue weighted by molar-refractivity contribution is 6.17. The second-order valence-electron chi connectivity index (χ2n) is 6.99. The maximum Gasteiger partial charge on any atom is 0.0223 e. The van der Waals surface area contributed by atoms with Crippen molar-refractivity contribution in [1.82, 2.24) is 0 Å². The van der Waals surface area contributed by atoms with Gasteiger partial charge in [0, 0.05) is 5.88 Å². The molecule has 0 amide bonds. The van der Waals surface area contributed by atoms with Crippen molar-refractivity contribution in [3.05, 3.63) is 0 Å². The molecule has 25 heavy (non-hydrogen) atoms. The normalized spacial score (nSPS) is 9.84. The second kappa shape index (κ2) is 35.4. The number of nitrogens with two attached hydrogens (primary N) is 1. The number of unbranched alkanes of at least 4 members (excludes halogenated alkanes) is 16. The minimum absolute atomic E-state index is 0.846. The van der Waals surface area contributed by atoms with Crippen LogP contribution in [-0.4, -0.2) is 12.9 Å². The molecule has 0 aromatic carbocycles. The summed E-state index contributed by atoms with van der Waals surface area (Å²) in [7, 11) is 1.50. The van der Waals surface area contributed by atoms with Gasteiger partial charge in [0.25, 0.3) is 0 Å². The van der Waals surface area contributed by atoms with E-state index in [1.165, 1.54) is 123 Å². The van der Waals surface area contributed by atoms with E-state index < -0.39 is 0 Å². The smallest absolute Gasteiger partial charge is 0.0223 e. The molecule has 0 aromatic heterocycles. The molecule has 0 heterocycles. The molecule has 0 aliphatic carbocycles. The molecule has 0 atom stereocenters. The zero-order chi connectivity index (χ0) is 19.4. The minimum Gasteiger partial charge on any atom is -0.333 e. The van der Waals surface area contributed by atoms with Crippen molar-refractivity contribution in [1.29, 1.82) is 0 Å². The monoisotopic (exact) mass is 377 g/mol. The number of rotatable bonds is 17. The first-order valence-corrected chi connectivity index (χ1v) is 12.0. The zero-order valence-electron chi connectivity index (χ0n) is 18.4. The topological polar surface area (TPSA) is 26.0 Å². The predicted molar refractivity (Wildman–Crippen MR) is 121 cm³/mol. The zero-order valence-corrected chi connectivity index (χ0v) is 19.1. The Kier molecular flexibility index (Phi) is 42.4. The van der Waals surface area contributed by atoms with Crippen molar-refractivity contribution in [3.63, 3.8) is 0 Å². The van der Waals surface area contributed by atoms with Crippen LogP contribution in [0.3, 0.4) is 0 Å². The van der Waals surface area contributed by atoms with E-state index in [-0.39, 0.29) is 0 Å². The molecule has 0 unspecified atom stereocenters. The van der Waals surface area contributed by atoms with Crippen molar-refractivity contribution in [2.24, 2.45) is 5.73 Å². The van der Waals surface area contributed by atoms with E-state index in [1.807, 2.05) is 0 Å². The lowest BCUT2D eigenvalue weighted by molar-refractivity contribution is 0.531. The van der Waals surface area contributed by atoms with Gasteiger partial charge in [0.15, 0.2) is 0 Å². The Morgan fingerprint density at radius 2 is 0.640 bits per heavy atom. The van der Waals surface area contributed by atoms with Gasteiger partial charge in [-0.25, -0.2) is 0 Å². The van der Waals surface area contributed by atoms with E-state index >= 15 is 0 Å². The van der Waals surface area contributed by atoms with Gasteiger partial charge in [-0.2, -0.15) is 0 Å². The van der Waals surface area contributed by atoms with Crippen LogP contribution in [0.15, 0.2) is 0 Å². The molecule has 0 aromatic rings. The predicted octanol–water partition coefficient (Wildman–Crippen LogP) is 8.87. The third-order valence-electron chi connectivity index (χ3n) is 4.49. The largest absolute Gasteiger partial charge is 0.333 e. The van der Waals surface area contributed by atoms with Crippen LogP contribution in [0.2, 0.25) is 0 Å². The average molecular weight is 378 g/mol. The molecular formula is C23H52ClN. The van der Waals surface area contributed by atoms with Crippen molar-refractivity contribution in [2.75, 3.05) is 12.9 Å². The molecule has 0 spiro atoms. The molecule has 1 nitrogen and oxygen atoms in total. The Balaban J connectivity index is -0.000000701. The molecule has 0 saturated heterocycles. The standard InChI is InChI=1S/C18H37Cl.C4H10.CH5N/c1-2-3-4-5-6-7-8-9-10-11-12-13-14-15-16-17-18-19;1-3-4-2;1-2/h2-18H2,1H3;3-4H2,1-2H3;2H2,1H3. The lowest BCUT2D eigenvalue weighted by Crippen LogP contribution is -1.83. The van der Waals surface area contributed by atoms with Crippen LogP contribution in [0.5, 0.6) is 0 Å². The maximum atomic E-state index is 5.66. The highest BCUT2D eigenvalue weighted by Gasteiger charge is 1.94. The molecule has 0 aliphatic heterocycles. The van der Waals surface area contributed by atoms with Gasteiger partial charge in [-0.1, -0.05) is 130 Å². The lowest BCUT2D eigenvalue weighted by Gasteiger charge is -2.03. The van der Waals surface area contributed by atoms with Gasteiger partial charge in [0.2, 0.25) is 0 Å². The Labute approximate surface area is 166 Å². The van der Waals surface area contributed by atoms with Crippen molar-refractivity contribution >= 4 is 11.6 Å². The van der Waals surface area contributed by atoms with Crippen LogP contribution < -0.4 is 5.73 Å². The first kappa shape index (κ1) is 30.0. The van der Waals surface area contributed by atoms with Gasteiger partial charge < -0.3 is 5.73 Å². The van der Waals surface area contributed by atoms with Crippen molar-refractivity contribution in [2.45, 2.75) is 136 Å². The third-order valence-corrected chi connectivity index (χ3v) is 4.75. The molecule has 0 fully saturated rings. The molecule has 0 aliphatic rings. The van der Waals surface area contributed by atoms with Gasteiger partial charge in [0.05, 0.1) is 0 Å². The van der Waals surface area contributed by atoms with Gasteiger partial charge in [-0.15, -0.1) is 11.6 Å². The minimum atomic E-state index is 0.846. The molecule has 0 bridgehead atoms. The van der Waals surface area contributed by atoms with Crippen molar-refractivity contribution < 1.29 is 0 Å². The maximum absolute atomic E-state index is 5.66. The summed E-state index contributed by atoms with van der Waals surface area (Å²) >= 11 is 5.66. The Morgan fingerprint density at radius 3 is 0.840 bits per heavy atom. The van der Waals surface area contributed by atoms with Gasteiger partial charge in [-0.3, -0.25) is 0 Å². The molecular weight excluding hydrogens is 326 g/mol. The number of hydrogen-bond acceptors (Lipinski definition) is 1. The van der Waals surface area contributed by atoms with Gasteiger partial charge in [-0.05, 0) is 13.5 Å². The summed E-state index contributed by atoms with van der Waals surface area (Å²) in [5.74, 6) is 0.846.